The van der Waals surface area contributed by atoms with E-state index in [0.29, 0.717) is 24.3 Å². The Morgan fingerprint density at radius 2 is 2.29 bits per heavy atom. The highest BCUT2D eigenvalue weighted by Gasteiger charge is 2.31. The Bertz CT molecular complexity index is 543. The predicted molar refractivity (Wildman–Crippen MR) is 78.7 cm³/mol. The van der Waals surface area contributed by atoms with Crippen LogP contribution in [0.5, 0.6) is 5.75 Å². The maximum Gasteiger partial charge on any atom is 0.142 e. The maximum atomic E-state index is 13.8. The van der Waals surface area contributed by atoms with Crippen LogP contribution >= 0.6 is 0 Å². The Morgan fingerprint density at radius 3 is 2.90 bits per heavy atom. The van der Waals surface area contributed by atoms with Gasteiger partial charge < -0.3 is 14.6 Å². The van der Waals surface area contributed by atoms with Crippen molar-refractivity contribution < 1.29 is 19.0 Å². The molecule has 0 aliphatic carbocycles. The fourth-order valence-electron chi connectivity index (χ4n) is 2.28. The zero-order valence-corrected chi connectivity index (χ0v) is 12.5. The van der Waals surface area contributed by atoms with E-state index in [1.54, 1.807) is 12.1 Å². The molecule has 2 rings (SSSR count). The smallest absolute Gasteiger partial charge is 0.142 e. The van der Waals surface area contributed by atoms with E-state index in [0.717, 1.165) is 12.8 Å². The average Bonchev–Trinajstić information content (AvgIpc) is 2.78. The van der Waals surface area contributed by atoms with E-state index in [1.165, 1.54) is 6.07 Å². The largest absolute Gasteiger partial charge is 0.491 e. The van der Waals surface area contributed by atoms with Crippen molar-refractivity contribution in [3.05, 3.63) is 29.6 Å². The molecule has 0 radical (unpaired) electrons. The molecular weight excluding hydrogens is 271 g/mol. The summed E-state index contributed by atoms with van der Waals surface area (Å²) in [5, 5.41) is 8.64. The Hall–Kier alpha value is -1.57. The third-order valence-corrected chi connectivity index (χ3v) is 3.39. The first-order valence-corrected chi connectivity index (χ1v) is 7.20. The van der Waals surface area contributed by atoms with E-state index in [1.807, 2.05) is 0 Å². The van der Waals surface area contributed by atoms with Gasteiger partial charge in [-0.2, -0.15) is 0 Å². The lowest BCUT2D eigenvalue weighted by molar-refractivity contribution is -0.0326. The fourth-order valence-corrected chi connectivity index (χ4v) is 2.28. The van der Waals surface area contributed by atoms with Crippen LogP contribution in [0, 0.1) is 17.7 Å². The molecule has 1 aromatic rings. The highest BCUT2D eigenvalue weighted by Crippen LogP contribution is 2.29. The first kappa shape index (κ1) is 15.8. The van der Waals surface area contributed by atoms with E-state index in [4.69, 9.17) is 14.6 Å². The summed E-state index contributed by atoms with van der Waals surface area (Å²) in [6.45, 7) is 4.53. The molecule has 3 nitrogen and oxygen atoms in total. The molecule has 0 bridgehead atoms. The van der Waals surface area contributed by atoms with Gasteiger partial charge in [-0.05, 0) is 38.8 Å². The second kappa shape index (κ2) is 6.93. The van der Waals surface area contributed by atoms with Crippen LogP contribution in [-0.2, 0) is 4.74 Å². The van der Waals surface area contributed by atoms with Gasteiger partial charge in [-0.3, -0.25) is 0 Å². The molecule has 4 heteroatoms. The summed E-state index contributed by atoms with van der Waals surface area (Å²) in [7, 11) is 0. The maximum absolute atomic E-state index is 13.8. The number of aliphatic hydroxyl groups excluding tert-OH is 1. The van der Waals surface area contributed by atoms with Gasteiger partial charge in [0, 0.05) is 12.5 Å². The summed E-state index contributed by atoms with van der Waals surface area (Å²) < 4.78 is 25.2. The normalized spacial score (nSPS) is 19.9. The van der Waals surface area contributed by atoms with E-state index in [9.17, 15) is 4.39 Å². The zero-order chi connectivity index (χ0) is 15.3. The molecule has 1 aromatic carbocycles. The third-order valence-electron chi connectivity index (χ3n) is 3.39. The van der Waals surface area contributed by atoms with Gasteiger partial charge in [-0.25, -0.2) is 4.39 Å². The van der Waals surface area contributed by atoms with Crippen LogP contribution in [0.4, 0.5) is 4.39 Å². The predicted octanol–water partition coefficient (Wildman–Crippen LogP) is 2.90. The van der Waals surface area contributed by atoms with Crippen LogP contribution in [0.1, 0.15) is 38.7 Å². The molecule has 0 spiro atoms. The van der Waals surface area contributed by atoms with Crippen molar-refractivity contribution in [3.8, 4) is 17.6 Å². The monoisotopic (exact) mass is 292 g/mol. The van der Waals surface area contributed by atoms with Crippen LogP contribution in [0.15, 0.2) is 18.2 Å². The quantitative estimate of drug-likeness (QED) is 0.867. The SMILES string of the molecule is CC1(C)CCC(COc2ccc(C#CCCO)c(F)c2)O1. The van der Waals surface area contributed by atoms with Gasteiger partial charge >= 0.3 is 0 Å². The van der Waals surface area contributed by atoms with Crippen molar-refractivity contribution >= 4 is 0 Å². The van der Waals surface area contributed by atoms with Crippen molar-refractivity contribution in [2.24, 2.45) is 0 Å². The summed E-state index contributed by atoms with van der Waals surface area (Å²) in [6, 6.07) is 4.63. The van der Waals surface area contributed by atoms with E-state index in [2.05, 4.69) is 25.7 Å². The van der Waals surface area contributed by atoms with Crippen molar-refractivity contribution in [3.63, 3.8) is 0 Å². The average molecular weight is 292 g/mol. The minimum atomic E-state index is -0.411. The molecule has 0 aromatic heterocycles. The Morgan fingerprint density at radius 1 is 1.48 bits per heavy atom. The lowest BCUT2D eigenvalue weighted by Crippen LogP contribution is -2.23. The van der Waals surface area contributed by atoms with Gasteiger partial charge in [0.25, 0.3) is 0 Å². The van der Waals surface area contributed by atoms with Gasteiger partial charge in [-0.15, -0.1) is 0 Å². The molecule has 1 fully saturated rings. The first-order chi connectivity index (χ1) is 10.00. The third kappa shape index (κ3) is 4.73. The highest BCUT2D eigenvalue weighted by molar-refractivity contribution is 5.39. The minimum Gasteiger partial charge on any atom is -0.491 e. The van der Waals surface area contributed by atoms with Gasteiger partial charge in [-0.1, -0.05) is 11.8 Å². The molecule has 1 unspecified atom stereocenters. The summed E-state index contributed by atoms with van der Waals surface area (Å²) in [6.07, 6.45) is 2.37. The summed E-state index contributed by atoms with van der Waals surface area (Å²) in [5.41, 5.74) is 0.222. The molecule has 1 saturated heterocycles. The molecule has 1 aliphatic rings. The number of ether oxygens (including phenoxy) is 2. The van der Waals surface area contributed by atoms with Crippen LogP contribution in [0.3, 0.4) is 0 Å². The first-order valence-electron chi connectivity index (χ1n) is 7.20. The zero-order valence-electron chi connectivity index (χ0n) is 12.5. The second-order valence-corrected chi connectivity index (χ2v) is 5.77. The number of hydrogen-bond acceptors (Lipinski definition) is 3. The van der Waals surface area contributed by atoms with Crippen molar-refractivity contribution in [1.82, 2.24) is 0 Å². The Labute approximate surface area is 125 Å². The lowest BCUT2D eigenvalue weighted by atomic mass is 10.1. The number of halogens is 1. The number of aliphatic hydroxyl groups is 1. The number of benzene rings is 1. The molecular formula is C17H21FO3. The fraction of sp³-hybridized carbons (Fsp3) is 0.529. The minimum absolute atomic E-state index is 0.0203. The Balaban J connectivity index is 1.90. The van der Waals surface area contributed by atoms with Crippen LogP contribution in [0.25, 0.3) is 0 Å². The molecule has 0 saturated carbocycles. The van der Waals surface area contributed by atoms with Gasteiger partial charge in [0.1, 0.15) is 18.2 Å². The molecule has 21 heavy (non-hydrogen) atoms. The van der Waals surface area contributed by atoms with Crippen LogP contribution in [0.2, 0.25) is 0 Å². The standard InChI is InChI=1S/C17H21FO3/c1-17(2)9-8-15(21-17)12-20-14-7-6-13(16(18)11-14)5-3-4-10-19/h6-7,11,15,19H,4,8-10,12H2,1-2H3. The van der Waals surface area contributed by atoms with E-state index >= 15 is 0 Å². The molecule has 1 atom stereocenters. The van der Waals surface area contributed by atoms with Gasteiger partial charge in [0.2, 0.25) is 0 Å². The molecule has 1 heterocycles. The molecule has 0 amide bonds. The molecule has 1 aliphatic heterocycles. The molecule has 114 valence electrons. The second-order valence-electron chi connectivity index (χ2n) is 5.77. The summed E-state index contributed by atoms with van der Waals surface area (Å²) in [5.74, 6) is 5.45. The van der Waals surface area contributed by atoms with E-state index < -0.39 is 5.82 Å². The van der Waals surface area contributed by atoms with Crippen LogP contribution in [-0.4, -0.2) is 30.0 Å². The van der Waals surface area contributed by atoms with Crippen molar-refractivity contribution in [1.29, 1.82) is 0 Å². The topological polar surface area (TPSA) is 38.7 Å². The van der Waals surface area contributed by atoms with Crippen molar-refractivity contribution in [2.45, 2.75) is 44.8 Å². The van der Waals surface area contributed by atoms with Crippen LogP contribution < -0.4 is 4.74 Å². The molecule has 1 N–H and O–H groups in total. The van der Waals surface area contributed by atoms with E-state index in [-0.39, 0.29) is 18.3 Å². The van der Waals surface area contributed by atoms with Gasteiger partial charge in [0.15, 0.2) is 0 Å². The Kier molecular flexibility index (Phi) is 5.22. The summed E-state index contributed by atoms with van der Waals surface area (Å²) >= 11 is 0. The lowest BCUT2D eigenvalue weighted by Gasteiger charge is -2.19. The summed E-state index contributed by atoms with van der Waals surface area (Å²) in [4.78, 5) is 0. The van der Waals surface area contributed by atoms with Gasteiger partial charge in [0.05, 0.1) is 23.9 Å². The number of rotatable bonds is 4. The van der Waals surface area contributed by atoms with Crippen molar-refractivity contribution in [2.75, 3.05) is 13.2 Å². The number of hydrogen-bond donors (Lipinski definition) is 1. The highest BCUT2D eigenvalue weighted by atomic mass is 19.1.